The number of primary amides is 1. The largest absolute Gasteiger partial charge is 0.440 e. The van der Waals surface area contributed by atoms with Crippen molar-refractivity contribution < 1.29 is 18.9 Å². The van der Waals surface area contributed by atoms with Crippen molar-refractivity contribution in [3.63, 3.8) is 0 Å². The van der Waals surface area contributed by atoms with Crippen LogP contribution in [0.2, 0.25) is 0 Å². The highest BCUT2D eigenvalue weighted by atomic mass is 16.3. The maximum absolute atomic E-state index is 12.7. The molecule has 4 rings (SSSR count). The maximum Gasteiger partial charge on any atom is 0.277 e. The molecular weight excluding hydrogens is 344 g/mol. The van der Waals surface area contributed by atoms with Crippen LogP contribution in [0.4, 0.5) is 0 Å². The number of carbonyl (C=O) groups excluding carboxylic acids is 2. The lowest BCUT2D eigenvalue weighted by Crippen LogP contribution is -3.15. The topological polar surface area (TPSA) is 93.9 Å². The van der Waals surface area contributed by atoms with Crippen molar-refractivity contribution in [3.8, 4) is 0 Å². The number of carbonyl (C=O) groups is 2. The van der Waals surface area contributed by atoms with Crippen molar-refractivity contribution in [3.05, 3.63) is 30.2 Å². The maximum atomic E-state index is 12.7. The predicted octanol–water partition coefficient (Wildman–Crippen LogP) is 0.314. The smallest absolute Gasteiger partial charge is 0.277 e. The highest BCUT2D eigenvalue weighted by Gasteiger charge is 2.32. The fraction of sp³-hybridized carbons (Fsp3) is 0.550. The molecule has 0 spiro atoms. The van der Waals surface area contributed by atoms with Crippen LogP contribution in [0.3, 0.4) is 0 Å². The molecule has 144 valence electrons. The van der Waals surface area contributed by atoms with Gasteiger partial charge >= 0.3 is 0 Å². The molecule has 7 heteroatoms. The molecule has 3 N–H and O–H groups in total. The molecule has 2 saturated heterocycles. The molecule has 1 aromatic carbocycles. The lowest BCUT2D eigenvalue weighted by Gasteiger charge is -2.33. The lowest BCUT2D eigenvalue weighted by molar-refractivity contribution is -0.899. The van der Waals surface area contributed by atoms with Crippen LogP contribution >= 0.6 is 0 Å². The third kappa shape index (κ3) is 3.98. The number of oxazole rings is 1. The molecule has 2 atom stereocenters. The van der Waals surface area contributed by atoms with Crippen LogP contribution in [-0.2, 0) is 9.59 Å². The van der Waals surface area contributed by atoms with Gasteiger partial charge < -0.3 is 20.0 Å². The Balaban J connectivity index is 1.30. The molecule has 0 saturated carbocycles. The Bertz CT molecular complexity index is 792. The average molecular weight is 371 g/mol. The van der Waals surface area contributed by atoms with Crippen LogP contribution in [0.1, 0.15) is 37.5 Å². The van der Waals surface area contributed by atoms with Crippen LogP contribution in [0, 0.1) is 5.92 Å². The number of hydrogen-bond acceptors (Lipinski definition) is 4. The second kappa shape index (κ2) is 7.68. The highest BCUT2D eigenvalue weighted by Crippen LogP contribution is 2.29. The van der Waals surface area contributed by atoms with Crippen LogP contribution < -0.4 is 10.6 Å². The van der Waals surface area contributed by atoms with E-state index in [4.69, 9.17) is 10.2 Å². The summed E-state index contributed by atoms with van der Waals surface area (Å²) in [7, 11) is 0. The zero-order chi connectivity index (χ0) is 18.8. The molecule has 2 aromatic rings. The molecule has 2 aliphatic rings. The van der Waals surface area contributed by atoms with Gasteiger partial charge in [0.25, 0.3) is 5.91 Å². The minimum atomic E-state index is -0.237. The number of para-hydroxylation sites is 2. The van der Waals surface area contributed by atoms with E-state index >= 15 is 0 Å². The number of nitrogens with one attached hydrogen (secondary N) is 1. The summed E-state index contributed by atoms with van der Waals surface area (Å²) in [5.74, 6) is 0.897. The summed E-state index contributed by atoms with van der Waals surface area (Å²) >= 11 is 0. The fourth-order valence-electron chi connectivity index (χ4n) is 4.32. The Morgan fingerprint density at radius 1 is 1.22 bits per heavy atom. The van der Waals surface area contributed by atoms with Crippen molar-refractivity contribution in [1.82, 2.24) is 9.88 Å². The molecule has 2 amide bonds. The third-order valence-corrected chi connectivity index (χ3v) is 5.93. The monoisotopic (exact) mass is 371 g/mol. The van der Waals surface area contributed by atoms with Crippen LogP contribution in [-0.4, -0.2) is 54.4 Å². The molecule has 0 aliphatic carbocycles. The zero-order valence-electron chi connectivity index (χ0n) is 15.5. The Hall–Kier alpha value is -2.41. The molecule has 0 bridgehead atoms. The Kier molecular flexibility index (Phi) is 5.11. The Morgan fingerprint density at radius 3 is 2.74 bits per heavy atom. The first-order chi connectivity index (χ1) is 13.1. The summed E-state index contributed by atoms with van der Waals surface area (Å²) in [4.78, 5) is 31.8. The van der Waals surface area contributed by atoms with Crippen LogP contribution in [0.15, 0.2) is 28.7 Å². The normalized spacial score (nSPS) is 24.2. The number of hydrogen-bond donors (Lipinski definition) is 2. The minimum Gasteiger partial charge on any atom is -0.440 e. The first kappa shape index (κ1) is 18.0. The fourth-order valence-corrected chi connectivity index (χ4v) is 4.32. The van der Waals surface area contributed by atoms with E-state index in [0.29, 0.717) is 13.1 Å². The van der Waals surface area contributed by atoms with Crippen LogP contribution in [0.5, 0.6) is 0 Å². The minimum absolute atomic E-state index is 0.0913. The van der Waals surface area contributed by atoms with Gasteiger partial charge in [0.2, 0.25) is 5.91 Å². The number of likely N-dealkylation sites (tertiary alicyclic amines) is 2. The molecule has 2 fully saturated rings. The Morgan fingerprint density at radius 2 is 2.00 bits per heavy atom. The van der Waals surface area contributed by atoms with Gasteiger partial charge in [-0.1, -0.05) is 12.1 Å². The van der Waals surface area contributed by atoms with E-state index in [1.165, 1.54) is 4.90 Å². The number of nitrogens with zero attached hydrogens (tertiary/aromatic N) is 2. The van der Waals surface area contributed by atoms with Gasteiger partial charge in [-0.3, -0.25) is 9.59 Å². The van der Waals surface area contributed by atoms with Gasteiger partial charge in [-0.15, -0.1) is 0 Å². The first-order valence-electron chi connectivity index (χ1n) is 9.86. The van der Waals surface area contributed by atoms with Crippen molar-refractivity contribution in [1.29, 1.82) is 0 Å². The van der Waals surface area contributed by atoms with Gasteiger partial charge in [0, 0.05) is 19.0 Å². The number of nitrogens with two attached hydrogens (primary N) is 1. The summed E-state index contributed by atoms with van der Waals surface area (Å²) in [6.07, 6.45) is 3.55. The standard InChI is InChI=1S/C20H26N4O3/c21-19(26)15-4-3-9-23(12-15)13-18(25)24-10-7-14(8-11-24)20-22-16-5-1-2-6-17(16)27-20/h1-2,5-6,14-15H,3-4,7-13H2,(H2,21,26)/p+1/t15-/m1/s1. The summed E-state index contributed by atoms with van der Waals surface area (Å²) in [6, 6.07) is 7.80. The molecule has 2 aliphatic heterocycles. The van der Waals surface area contributed by atoms with Gasteiger partial charge in [0.05, 0.1) is 19.0 Å². The van der Waals surface area contributed by atoms with E-state index in [2.05, 4.69) is 4.98 Å². The van der Waals surface area contributed by atoms with Gasteiger partial charge in [0.15, 0.2) is 18.0 Å². The quantitative estimate of drug-likeness (QED) is 0.809. The van der Waals surface area contributed by atoms with E-state index in [1.807, 2.05) is 29.2 Å². The average Bonchev–Trinajstić information content (AvgIpc) is 3.12. The molecule has 27 heavy (non-hydrogen) atoms. The number of amides is 2. The highest BCUT2D eigenvalue weighted by molar-refractivity contribution is 5.78. The van der Waals surface area contributed by atoms with Gasteiger partial charge in [-0.2, -0.15) is 0 Å². The second-order valence-corrected chi connectivity index (χ2v) is 7.80. The van der Waals surface area contributed by atoms with Crippen molar-refractivity contribution in [2.45, 2.75) is 31.6 Å². The third-order valence-electron chi connectivity index (χ3n) is 5.93. The van der Waals surface area contributed by atoms with E-state index in [1.54, 1.807) is 0 Å². The van der Waals surface area contributed by atoms with Crippen LogP contribution in [0.25, 0.3) is 11.1 Å². The number of benzene rings is 1. The molecular formula is C20H27N4O3+. The molecule has 0 radical (unpaired) electrons. The number of piperidine rings is 2. The van der Waals surface area contributed by atoms with Crippen molar-refractivity contribution in [2.24, 2.45) is 11.7 Å². The number of fused-ring (bicyclic) bond motifs is 1. The number of rotatable bonds is 4. The summed E-state index contributed by atoms with van der Waals surface area (Å²) in [5, 5.41) is 0. The first-order valence-corrected chi connectivity index (χ1v) is 9.86. The predicted molar refractivity (Wildman–Crippen MR) is 100 cm³/mol. The summed E-state index contributed by atoms with van der Waals surface area (Å²) in [6.45, 7) is 3.54. The van der Waals surface area contributed by atoms with E-state index in [-0.39, 0.29) is 23.7 Å². The van der Waals surface area contributed by atoms with Crippen molar-refractivity contribution >= 4 is 22.9 Å². The van der Waals surface area contributed by atoms with E-state index in [9.17, 15) is 9.59 Å². The van der Waals surface area contributed by atoms with Gasteiger partial charge in [0.1, 0.15) is 5.52 Å². The number of aromatic nitrogens is 1. The molecule has 3 heterocycles. The van der Waals surface area contributed by atoms with E-state index in [0.717, 1.165) is 62.3 Å². The summed E-state index contributed by atoms with van der Waals surface area (Å²) in [5.41, 5.74) is 7.15. The van der Waals surface area contributed by atoms with E-state index < -0.39 is 0 Å². The lowest BCUT2D eigenvalue weighted by atomic mass is 9.96. The van der Waals surface area contributed by atoms with Gasteiger partial charge in [-0.25, -0.2) is 4.98 Å². The zero-order valence-corrected chi connectivity index (χ0v) is 15.5. The number of quaternary nitrogens is 1. The molecule has 1 unspecified atom stereocenters. The van der Waals surface area contributed by atoms with Crippen molar-refractivity contribution in [2.75, 3.05) is 32.7 Å². The summed E-state index contributed by atoms with van der Waals surface area (Å²) < 4.78 is 5.90. The Labute approximate surface area is 158 Å². The molecule has 7 nitrogen and oxygen atoms in total. The molecule has 1 aromatic heterocycles. The second-order valence-electron chi connectivity index (χ2n) is 7.80. The SMILES string of the molecule is NC(=O)[C@@H]1CCC[NH+](CC(=O)N2CCC(c3nc4ccccc4o3)CC2)C1. The van der Waals surface area contributed by atoms with Gasteiger partial charge in [-0.05, 0) is 37.8 Å².